The minimum absolute atomic E-state index is 0.0325. The third-order valence-electron chi connectivity index (χ3n) is 6.53. The Morgan fingerprint density at radius 2 is 1.51 bits per heavy atom. The molecule has 1 aliphatic heterocycles. The van der Waals surface area contributed by atoms with Gasteiger partial charge in [0.2, 0.25) is 23.6 Å². The zero-order valence-electron chi connectivity index (χ0n) is 24.4. The Hall–Kier alpha value is -3.28. The molecule has 0 aliphatic carbocycles. The van der Waals surface area contributed by atoms with E-state index in [9.17, 15) is 44.4 Å². The van der Waals surface area contributed by atoms with Crippen LogP contribution in [-0.4, -0.2) is 111 Å². The zero-order valence-corrected chi connectivity index (χ0v) is 25.2. The van der Waals surface area contributed by atoms with Gasteiger partial charge in [-0.3, -0.25) is 24.0 Å². The summed E-state index contributed by atoms with van der Waals surface area (Å²) in [4.78, 5) is 61.9. The molecule has 10 N–H and O–H groups in total. The second kappa shape index (κ2) is 16.5. The Bertz CT molecular complexity index is 1140. The number of nitrogens with one attached hydrogen (secondary N) is 4. The molecule has 0 radical (unpaired) electrons. The van der Waals surface area contributed by atoms with Gasteiger partial charge in [-0.1, -0.05) is 25.6 Å². The normalized spacial score (nSPS) is 23.9. The predicted octanol–water partition coefficient (Wildman–Crippen LogP) is -2.67. The first-order chi connectivity index (χ1) is 20.1. The van der Waals surface area contributed by atoms with Crippen molar-refractivity contribution in [1.82, 2.24) is 21.3 Å². The lowest BCUT2D eigenvalue weighted by atomic mass is 10.0. The number of thioether (sulfide) groups is 1. The van der Waals surface area contributed by atoms with Gasteiger partial charge in [0.05, 0.1) is 13.2 Å². The van der Waals surface area contributed by atoms with E-state index in [4.69, 9.17) is 10.5 Å². The lowest BCUT2D eigenvalue weighted by Crippen LogP contribution is -2.57. The molecule has 3 unspecified atom stereocenters. The largest absolute Gasteiger partial charge is 0.394 e. The molecule has 1 heterocycles. The number of aliphatic hydroxyl groups is 4. The Morgan fingerprint density at radius 1 is 0.884 bits per heavy atom. The van der Waals surface area contributed by atoms with Crippen LogP contribution in [0.1, 0.15) is 44.5 Å². The van der Waals surface area contributed by atoms with Crippen LogP contribution in [0.25, 0.3) is 0 Å². The highest BCUT2D eigenvalue weighted by molar-refractivity contribution is 7.99. The molecule has 0 spiro atoms. The Morgan fingerprint density at radius 3 is 2.07 bits per heavy atom. The average molecular weight is 628 g/mol. The minimum atomic E-state index is -1.51. The van der Waals surface area contributed by atoms with Gasteiger partial charge in [0, 0.05) is 10.5 Å². The van der Waals surface area contributed by atoms with Crippen molar-refractivity contribution in [3.05, 3.63) is 29.8 Å². The molecular formula is C27H41N5O10S. The van der Waals surface area contributed by atoms with E-state index in [2.05, 4.69) is 21.3 Å². The van der Waals surface area contributed by atoms with Crippen LogP contribution in [0.5, 0.6) is 0 Å². The third kappa shape index (κ3) is 10.7. The molecule has 8 atom stereocenters. The maximum Gasteiger partial charge on any atom is 0.251 e. The average Bonchev–Trinajstić information content (AvgIpc) is 2.95. The Kier molecular flexibility index (Phi) is 13.8. The van der Waals surface area contributed by atoms with Crippen molar-refractivity contribution in [3.63, 3.8) is 0 Å². The highest BCUT2D eigenvalue weighted by atomic mass is 32.2. The van der Waals surface area contributed by atoms with Crippen LogP contribution < -0.4 is 27.0 Å². The minimum Gasteiger partial charge on any atom is -0.394 e. The van der Waals surface area contributed by atoms with Crippen molar-refractivity contribution in [2.24, 2.45) is 11.7 Å². The monoisotopic (exact) mass is 627 g/mol. The molecule has 0 aromatic heterocycles. The number of aliphatic hydroxyl groups excluding tert-OH is 4. The van der Waals surface area contributed by atoms with Crippen LogP contribution in [0.15, 0.2) is 29.2 Å². The summed E-state index contributed by atoms with van der Waals surface area (Å²) in [7, 11) is 0. The Labute approximate surface area is 253 Å². The summed E-state index contributed by atoms with van der Waals surface area (Å²) in [5.41, 5.74) is 4.41. The van der Waals surface area contributed by atoms with Crippen LogP contribution in [0.3, 0.4) is 0 Å². The highest BCUT2D eigenvalue weighted by Crippen LogP contribution is 2.33. The number of carbonyl (C=O) groups is 5. The second-order valence-electron chi connectivity index (χ2n) is 10.6. The Balaban J connectivity index is 1.87. The van der Waals surface area contributed by atoms with Gasteiger partial charge in [-0.05, 0) is 50.5 Å². The molecule has 43 heavy (non-hydrogen) atoms. The SMILES string of the molecule is CC(C)C[C@H](NC(=O)CNC(=O)[C@H](C)NC(=O)c1ccc(S[C@@H]2OC(CO)[C@H](O)C(O)C2O)cc1)C(=O)N[C@@H](C)C(N)=O. The van der Waals surface area contributed by atoms with Crippen molar-refractivity contribution in [2.45, 2.75) is 87.0 Å². The van der Waals surface area contributed by atoms with E-state index in [0.29, 0.717) is 4.90 Å². The van der Waals surface area contributed by atoms with Gasteiger partial charge in [-0.2, -0.15) is 0 Å². The van der Waals surface area contributed by atoms with Crippen molar-refractivity contribution in [2.75, 3.05) is 13.2 Å². The van der Waals surface area contributed by atoms with E-state index < -0.39 is 90.7 Å². The van der Waals surface area contributed by atoms with E-state index in [-0.39, 0.29) is 17.9 Å². The van der Waals surface area contributed by atoms with Gasteiger partial charge < -0.3 is 52.2 Å². The van der Waals surface area contributed by atoms with E-state index >= 15 is 0 Å². The summed E-state index contributed by atoms with van der Waals surface area (Å²) in [6.45, 7) is 5.53. The molecule has 1 aromatic rings. The van der Waals surface area contributed by atoms with E-state index in [1.165, 1.54) is 26.0 Å². The molecule has 1 saturated heterocycles. The van der Waals surface area contributed by atoms with Gasteiger partial charge >= 0.3 is 0 Å². The fraction of sp³-hybridized carbons (Fsp3) is 0.593. The van der Waals surface area contributed by atoms with Gasteiger partial charge in [-0.15, -0.1) is 0 Å². The van der Waals surface area contributed by atoms with Crippen LogP contribution in [0, 0.1) is 5.92 Å². The highest BCUT2D eigenvalue weighted by Gasteiger charge is 2.43. The van der Waals surface area contributed by atoms with Crippen LogP contribution in [0.2, 0.25) is 0 Å². The van der Waals surface area contributed by atoms with Gasteiger partial charge in [0.15, 0.2) is 0 Å². The quantitative estimate of drug-likeness (QED) is 0.103. The van der Waals surface area contributed by atoms with Gasteiger partial charge in [-0.25, -0.2) is 0 Å². The van der Waals surface area contributed by atoms with Crippen molar-refractivity contribution < 1.29 is 49.1 Å². The molecule has 0 saturated carbocycles. The van der Waals surface area contributed by atoms with Crippen molar-refractivity contribution in [3.8, 4) is 0 Å². The number of hydrogen-bond acceptors (Lipinski definition) is 11. The molecule has 1 aromatic carbocycles. The molecule has 0 bridgehead atoms. The smallest absolute Gasteiger partial charge is 0.251 e. The summed E-state index contributed by atoms with van der Waals surface area (Å²) in [5.74, 6) is -3.15. The number of carbonyl (C=O) groups excluding carboxylic acids is 5. The van der Waals surface area contributed by atoms with E-state index in [0.717, 1.165) is 11.8 Å². The van der Waals surface area contributed by atoms with E-state index in [1.54, 1.807) is 12.1 Å². The molecule has 5 amide bonds. The summed E-state index contributed by atoms with van der Waals surface area (Å²) in [6, 6.07) is 3.16. The van der Waals surface area contributed by atoms with Crippen LogP contribution in [0.4, 0.5) is 0 Å². The van der Waals surface area contributed by atoms with Crippen LogP contribution >= 0.6 is 11.8 Å². The molecule has 1 aliphatic rings. The van der Waals surface area contributed by atoms with Crippen molar-refractivity contribution in [1.29, 1.82) is 0 Å². The number of hydrogen-bond donors (Lipinski definition) is 9. The summed E-state index contributed by atoms with van der Waals surface area (Å²) < 4.78 is 5.47. The maximum atomic E-state index is 12.7. The molecule has 2 rings (SSSR count). The maximum absolute atomic E-state index is 12.7. The lowest BCUT2D eigenvalue weighted by molar-refractivity contribution is -0.205. The molecule has 240 valence electrons. The number of nitrogens with two attached hydrogens (primary N) is 1. The summed E-state index contributed by atoms with van der Waals surface area (Å²) in [5, 5.41) is 49.3. The first kappa shape index (κ1) is 35.9. The standard InChI is InChI=1S/C27H41N5O10S/c1-12(2)9-17(26(41)30-13(3)23(28)38)32-19(34)10-29-24(39)14(4)31-25(40)15-5-7-16(8-6-15)43-27-22(37)21(36)20(35)18(11-33)42-27/h5-8,12-14,17-18,20-22,27,33,35-37H,9-11H2,1-4H3,(H2,28,38)(H,29,39)(H,30,41)(H,31,40)(H,32,34)/t13-,14-,17-,18?,20-,21?,22?,27-/m0/s1. The lowest BCUT2D eigenvalue weighted by Gasteiger charge is -2.39. The van der Waals surface area contributed by atoms with Gasteiger partial charge in [0.25, 0.3) is 5.91 Å². The number of benzene rings is 1. The number of amides is 5. The van der Waals surface area contributed by atoms with Crippen LogP contribution in [-0.2, 0) is 23.9 Å². The number of rotatable bonds is 14. The predicted molar refractivity (Wildman–Crippen MR) is 154 cm³/mol. The van der Waals surface area contributed by atoms with E-state index in [1.807, 2.05) is 13.8 Å². The molecular weight excluding hydrogens is 586 g/mol. The first-order valence-corrected chi connectivity index (χ1v) is 14.6. The molecule has 1 fully saturated rings. The summed E-state index contributed by atoms with van der Waals surface area (Å²) >= 11 is 1.03. The second-order valence-corrected chi connectivity index (χ2v) is 11.8. The molecule has 15 nitrogen and oxygen atoms in total. The molecule has 16 heteroatoms. The summed E-state index contributed by atoms with van der Waals surface area (Å²) in [6.07, 6.45) is -5.16. The zero-order chi connectivity index (χ0) is 32.4. The fourth-order valence-corrected chi connectivity index (χ4v) is 5.04. The number of ether oxygens (including phenoxy) is 1. The third-order valence-corrected chi connectivity index (χ3v) is 7.69. The van der Waals surface area contributed by atoms with Gasteiger partial charge in [0.1, 0.15) is 48.0 Å². The fourth-order valence-electron chi connectivity index (χ4n) is 3.98. The number of primary amides is 1. The first-order valence-electron chi connectivity index (χ1n) is 13.7. The topological polar surface area (TPSA) is 250 Å². The van der Waals surface area contributed by atoms with Crippen molar-refractivity contribution >= 4 is 41.3 Å².